The first-order valence-electron chi connectivity index (χ1n) is 11.2. The highest BCUT2D eigenvalue weighted by Crippen LogP contribution is 2.37. The number of rotatable bonds is 5. The van der Waals surface area contributed by atoms with Crippen LogP contribution in [0.1, 0.15) is 43.0 Å². The Hall–Kier alpha value is -3.29. The summed E-state index contributed by atoms with van der Waals surface area (Å²) in [5.41, 5.74) is 3.14. The summed E-state index contributed by atoms with van der Waals surface area (Å²) in [5, 5.41) is 4.50. The quantitative estimate of drug-likeness (QED) is 0.615. The van der Waals surface area contributed by atoms with Crippen LogP contribution in [0.3, 0.4) is 0 Å². The normalized spacial score (nSPS) is 18.5. The molecule has 3 aromatic rings. The van der Waals surface area contributed by atoms with Gasteiger partial charge in [-0.3, -0.25) is 9.48 Å². The summed E-state index contributed by atoms with van der Waals surface area (Å²) < 4.78 is 16.0. The van der Waals surface area contributed by atoms with Crippen molar-refractivity contribution in [3.05, 3.63) is 59.8 Å². The van der Waals surface area contributed by atoms with E-state index in [2.05, 4.69) is 15.0 Å². The van der Waals surface area contributed by atoms with Crippen LogP contribution in [0.25, 0.3) is 11.3 Å². The molecule has 2 aromatic heterocycles. The van der Waals surface area contributed by atoms with Crippen molar-refractivity contribution in [1.82, 2.24) is 24.6 Å². The third-order valence-electron chi connectivity index (χ3n) is 6.48. The number of aromatic nitrogens is 4. The first-order valence-corrected chi connectivity index (χ1v) is 11.2. The Morgan fingerprint density at radius 1 is 1.12 bits per heavy atom. The number of halogens is 1. The minimum absolute atomic E-state index is 0.0585. The van der Waals surface area contributed by atoms with Crippen molar-refractivity contribution >= 4 is 11.9 Å². The van der Waals surface area contributed by atoms with E-state index < -0.39 is 0 Å². The highest BCUT2D eigenvalue weighted by atomic mass is 19.1. The van der Waals surface area contributed by atoms with Gasteiger partial charge in [0, 0.05) is 38.4 Å². The Bertz CT molecular complexity index is 1120. The number of aryl methyl sites for hydroxylation is 1. The molecule has 4 heterocycles. The van der Waals surface area contributed by atoms with Crippen molar-refractivity contribution in [1.29, 1.82) is 0 Å². The van der Waals surface area contributed by atoms with Crippen LogP contribution < -0.4 is 4.90 Å². The van der Waals surface area contributed by atoms with Gasteiger partial charge in [0.2, 0.25) is 11.9 Å². The number of amides is 1. The summed E-state index contributed by atoms with van der Waals surface area (Å²) in [6, 6.07) is 8.27. The largest absolute Gasteiger partial charge is 0.341 e. The Morgan fingerprint density at radius 3 is 2.75 bits per heavy atom. The fraction of sp³-hybridized carbons (Fsp3) is 0.417. The average molecular weight is 435 g/mol. The van der Waals surface area contributed by atoms with Gasteiger partial charge in [-0.25, -0.2) is 14.4 Å². The lowest BCUT2D eigenvalue weighted by Gasteiger charge is -2.26. The van der Waals surface area contributed by atoms with Crippen molar-refractivity contribution in [2.45, 2.75) is 38.1 Å². The van der Waals surface area contributed by atoms with Gasteiger partial charge in [0.25, 0.3) is 0 Å². The highest BCUT2D eigenvalue weighted by molar-refractivity contribution is 5.80. The van der Waals surface area contributed by atoms with E-state index in [9.17, 15) is 9.18 Å². The van der Waals surface area contributed by atoms with Crippen LogP contribution in [-0.4, -0.2) is 50.2 Å². The van der Waals surface area contributed by atoms with E-state index in [1.807, 2.05) is 28.9 Å². The zero-order chi connectivity index (χ0) is 22.1. The Kier molecular flexibility index (Phi) is 5.59. The van der Waals surface area contributed by atoms with Gasteiger partial charge in [-0.2, -0.15) is 5.10 Å². The van der Waals surface area contributed by atoms with Crippen molar-refractivity contribution in [2.75, 3.05) is 24.5 Å². The maximum Gasteiger partial charge on any atom is 0.227 e. The number of carbonyl (C=O) groups is 1. The lowest BCUT2D eigenvalue weighted by Crippen LogP contribution is -2.33. The molecule has 2 aliphatic rings. The predicted molar refractivity (Wildman–Crippen MR) is 119 cm³/mol. The van der Waals surface area contributed by atoms with Gasteiger partial charge in [0.1, 0.15) is 5.82 Å². The molecule has 1 amide bonds. The number of nitrogens with zero attached hydrogens (tertiary/aromatic N) is 6. The van der Waals surface area contributed by atoms with E-state index in [4.69, 9.17) is 4.98 Å². The smallest absolute Gasteiger partial charge is 0.227 e. The lowest BCUT2D eigenvalue weighted by atomic mass is 10.0. The second-order valence-corrected chi connectivity index (χ2v) is 8.52. The number of hydrogen-bond acceptors (Lipinski definition) is 5. The minimum Gasteiger partial charge on any atom is -0.341 e. The number of anilines is 1. The lowest BCUT2D eigenvalue weighted by molar-refractivity contribution is -0.131. The Balaban J connectivity index is 1.44. The molecule has 2 saturated heterocycles. The molecule has 7 nitrogen and oxygen atoms in total. The van der Waals surface area contributed by atoms with Crippen LogP contribution in [-0.2, 0) is 18.3 Å². The molecule has 1 atom stereocenters. The summed E-state index contributed by atoms with van der Waals surface area (Å²) in [5.74, 6) is 0.340. The topological polar surface area (TPSA) is 67.2 Å². The molecular weight excluding hydrogens is 407 g/mol. The second kappa shape index (κ2) is 8.68. The number of benzene rings is 1. The molecule has 2 aliphatic heterocycles. The summed E-state index contributed by atoms with van der Waals surface area (Å²) in [7, 11) is 1.90. The summed E-state index contributed by atoms with van der Waals surface area (Å²) in [6.45, 7) is 2.61. The van der Waals surface area contributed by atoms with E-state index in [1.54, 1.807) is 24.4 Å². The molecule has 0 radical (unpaired) electrons. The van der Waals surface area contributed by atoms with Crippen LogP contribution >= 0.6 is 0 Å². The molecule has 0 unspecified atom stereocenters. The van der Waals surface area contributed by atoms with E-state index in [0.717, 1.165) is 61.7 Å². The third kappa shape index (κ3) is 3.85. The maximum atomic E-state index is 14.1. The van der Waals surface area contributed by atoms with Gasteiger partial charge in [-0.1, -0.05) is 18.2 Å². The molecule has 0 bridgehead atoms. The maximum absolute atomic E-state index is 14.1. The summed E-state index contributed by atoms with van der Waals surface area (Å²) in [4.78, 5) is 26.5. The predicted octanol–water partition coefficient (Wildman–Crippen LogP) is 3.52. The standard InChI is InChI=1S/C24H27FN6O/c1-29-23(18(16-27-29)20-10-11-26-24(28-20)30-12-4-5-13-30)21-9-6-14-31(21)22(32)15-17-7-2-3-8-19(17)25/h2-3,7-8,10-11,16,21H,4-6,9,12-15H2,1H3/t21-/m1/s1. The number of likely N-dealkylation sites (tertiary alicyclic amines) is 1. The second-order valence-electron chi connectivity index (χ2n) is 8.52. The van der Waals surface area contributed by atoms with Crippen LogP contribution in [0.15, 0.2) is 42.7 Å². The molecule has 0 saturated carbocycles. The summed E-state index contributed by atoms with van der Waals surface area (Å²) in [6.07, 6.45) is 7.75. The first kappa shape index (κ1) is 20.6. The van der Waals surface area contributed by atoms with Gasteiger partial charge in [-0.15, -0.1) is 0 Å². The van der Waals surface area contributed by atoms with Gasteiger partial charge >= 0.3 is 0 Å². The fourth-order valence-electron chi connectivity index (χ4n) is 4.86. The number of hydrogen-bond donors (Lipinski definition) is 0. The zero-order valence-electron chi connectivity index (χ0n) is 18.2. The van der Waals surface area contributed by atoms with Crippen molar-refractivity contribution in [2.24, 2.45) is 7.05 Å². The zero-order valence-corrected chi connectivity index (χ0v) is 18.2. The van der Waals surface area contributed by atoms with Crippen molar-refractivity contribution in [3.8, 4) is 11.3 Å². The minimum atomic E-state index is -0.340. The van der Waals surface area contributed by atoms with E-state index in [0.29, 0.717) is 12.1 Å². The molecule has 0 aliphatic carbocycles. The SMILES string of the molecule is Cn1ncc(-c2ccnc(N3CCCC3)n2)c1[C@H]1CCCN1C(=O)Cc1ccccc1F. The fourth-order valence-corrected chi connectivity index (χ4v) is 4.86. The highest BCUT2D eigenvalue weighted by Gasteiger charge is 2.34. The Labute approximate surface area is 186 Å². The van der Waals surface area contributed by atoms with Gasteiger partial charge in [0.05, 0.1) is 30.0 Å². The van der Waals surface area contributed by atoms with Crippen LogP contribution in [0.2, 0.25) is 0 Å². The molecule has 166 valence electrons. The molecular formula is C24H27FN6O. The van der Waals surface area contributed by atoms with Crippen molar-refractivity contribution < 1.29 is 9.18 Å². The average Bonchev–Trinajstić information content (AvgIpc) is 3.56. The van der Waals surface area contributed by atoms with E-state index >= 15 is 0 Å². The summed E-state index contributed by atoms with van der Waals surface area (Å²) >= 11 is 0. The molecule has 0 spiro atoms. The molecule has 0 N–H and O–H groups in total. The Morgan fingerprint density at radius 2 is 1.94 bits per heavy atom. The molecule has 2 fully saturated rings. The monoisotopic (exact) mass is 434 g/mol. The first-order chi connectivity index (χ1) is 15.6. The number of carbonyl (C=O) groups excluding carboxylic acids is 1. The van der Waals surface area contributed by atoms with E-state index in [-0.39, 0.29) is 24.2 Å². The van der Waals surface area contributed by atoms with Gasteiger partial charge in [0.15, 0.2) is 0 Å². The molecule has 32 heavy (non-hydrogen) atoms. The molecule has 5 rings (SSSR count). The molecule has 8 heteroatoms. The molecule has 1 aromatic carbocycles. The van der Waals surface area contributed by atoms with Gasteiger partial charge in [-0.05, 0) is 43.4 Å². The van der Waals surface area contributed by atoms with Crippen LogP contribution in [0.5, 0.6) is 0 Å². The van der Waals surface area contributed by atoms with Crippen molar-refractivity contribution in [3.63, 3.8) is 0 Å². The van der Waals surface area contributed by atoms with E-state index in [1.165, 1.54) is 6.07 Å². The van der Waals surface area contributed by atoms with Crippen LogP contribution in [0.4, 0.5) is 10.3 Å². The van der Waals surface area contributed by atoms with Crippen LogP contribution in [0, 0.1) is 5.82 Å². The van der Waals surface area contributed by atoms with Gasteiger partial charge < -0.3 is 9.80 Å². The third-order valence-corrected chi connectivity index (χ3v) is 6.48.